The van der Waals surface area contributed by atoms with E-state index in [2.05, 4.69) is 15.6 Å². The summed E-state index contributed by atoms with van der Waals surface area (Å²) in [5.74, 6) is 1.75. The molecule has 0 spiro atoms. The van der Waals surface area contributed by atoms with Crippen LogP contribution in [0.5, 0.6) is 0 Å². The van der Waals surface area contributed by atoms with Crippen LogP contribution in [-0.2, 0) is 4.79 Å². The topological polar surface area (TPSA) is 56.7 Å². The number of guanidine groups is 1. The average Bonchev–Trinajstić information content (AvgIpc) is 3.10. The van der Waals surface area contributed by atoms with Gasteiger partial charge in [-0.3, -0.25) is 9.79 Å². The Labute approximate surface area is 176 Å². The number of nitrogens with one attached hydrogen (secondary N) is 2. The molecule has 1 heterocycles. The molecule has 0 aromatic heterocycles. The van der Waals surface area contributed by atoms with Crippen LogP contribution >= 0.6 is 35.7 Å². The molecule has 1 fully saturated rings. The predicted molar refractivity (Wildman–Crippen MR) is 117 cm³/mol. The van der Waals surface area contributed by atoms with Crippen LogP contribution < -0.4 is 10.6 Å². The van der Waals surface area contributed by atoms with Crippen LogP contribution in [0.4, 0.5) is 4.39 Å². The Morgan fingerprint density at radius 1 is 1.38 bits per heavy atom. The van der Waals surface area contributed by atoms with Gasteiger partial charge in [-0.1, -0.05) is 6.92 Å². The summed E-state index contributed by atoms with van der Waals surface area (Å²) in [4.78, 5) is 19.0. The van der Waals surface area contributed by atoms with E-state index in [1.807, 2.05) is 11.8 Å². The normalized spacial score (nSPS) is 17.0. The summed E-state index contributed by atoms with van der Waals surface area (Å²) in [6.07, 6.45) is 2.49. The van der Waals surface area contributed by atoms with Gasteiger partial charge in [0.15, 0.2) is 5.96 Å². The summed E-state index contributed by atoms with van der Waals surface area (Å²) in [7, 11) is 1.76. The average molecular weight is 494 g/mol. The van der Waals surface area contributed by atoms with Crippen LogP contribution in [0.15, 0.2) is 34.2 Å². The van der Waals surface area contributed by atoms with Crippen LogP contribution in [0.3, 0.4) is 0 Å². The molecule has 0 saturated carbocycles. The van der Waals surface area contributed by atoms with Crippen LogP contribution in [0.25, 0.3) is 0 Å². The van der Waals surface area contributed by atoms with Gasteiger partial charge in [-0.05, 0) is 42.9 Å². The van der Waals surface area contributed by atoms with Gasteiger partial charge in [0.2, 0.25) is 5.91 Å². The van der Waals surface area contributed by atoms with Crippen molar-refractivity contribution in [2.45, 2.75) is 37.1 Å². The third-order valence-corrected chi connectivity index (χ3v) is 5.20. The smallest absolute Gasteiger partial charge is 0.222 e. The molecule has 1 aliphatic heterocycles. The maximum Gasteiger partial charge on any atom is 0.222 e. The highest BCUT2D eigenvalue weighted by Gasteiger charge is 2.25. The van der Waals surface area contributed by atoms with Crippen molar-refractivity contribution in [2.75, 3.05) is 32.4 Å². The molecule has 146 valence electrons. The van der Waals surface area contributed by atoms with Crippen molar-refractivity contribution >= 4 is 47.6 Å². The maximum atomic E-state index is 12.9. The Morgan fingerprint density at radius 2 is 2.12 bits per heavy atom. The van der Waals surface area contributed by atoms with Gasteiger partial charge in [0.1, 0.15) is 5.82 Å². The van der Waals surface area contributed by atoms with Gasteiger partial charge in [0.05, 0.1) is 0 Å². The number of nitrogens with zero attached hydrogens (tertiary/aromatic N) is 2. The SMILES string of the molecule is CCC(=O)N1CCC(NC(=NC)NCCCSc2ccc(F)cc2)C1.I. The summed E-state index contributed by atoms with van der Waals surface area (Å²) < 4.78 is 12.9. The molecule has 1 aromatic carbocycles. The summed E-state index contributed by atoms with van der Waals surface area (Å²) in [5, 5.41) is 6.70. The molecule has 1 atom stereocenters. The van der Waals surface area contributed by atoms with Gasteiger partial charge in [-0.2, -0.15) is 0 Å². The summed E-state index contributed by atoms with van der Waals surface area (Å²) in [6.45, 7) is 4.27. The van der Waals surface area contributed by atoms with Crippen molar-refractivity contribution in [3.05, 3.63) is 30.1 Å². The van der Waals surface area contributed by atoms with E-state index < -0.39 is 0 Å². The molecule has 0 radical (unpaired) electrons. The van der Waals surface area contributed by atoms with Crippen LogP contribution in [0.1, 0.15) is 26.2 Å². The number of benzene rings is 1. The van der Waals surface area contributed by atoms with Crippen LogP contribution in [0, 0.1) is 5.82 Å². The van der Waals surface area contributed by atoms with E-state index in [1.165, 1.54) is 12.1 Å². The van der Waals surface area contributed by atoms with Crippen molar-refractivity contribution < 1.29 is 9.18 Å². The zero-order chi connectivity index (χ0) is 18.1. The highest BCUT2D eigenvalue weighted by molar-refractivity contribution is 14.0. The summed E-state index contributed by atoms with van der Waals surface area (Å²) in [5.41, 5.74) is 0. The van der Waals surface area contributed by atoms with Crippen molar-refractivity contribution in [3.63, 3.8) is 0 Å². The van der Waals surface area contributed by atoms with Gasteiger partial charge in [-0.15, -0.1) is 35.7 Å². The number of carbonyl (C=O) groups is 1. The summed E-state index contributed by atoms with van der Waals surface area (Å²) >= 11 is 1.72. The zero-order valence-electron chi connectivity index (χ0n) is 15.3. The number of hydrogen-bond acceptors (Lipinski definition) is 3. The van der Waals surface area contributed by atoms with E-state index in [1.54, 1.807) is 30.9 Å². The number of likely N-dealkylation sites (tertiary alicyclic amines) is 1. The van der Waals surface area contributed by atoms with E-state index in [0.717, 1.165) is 49.1 Å². The Balaban J connectivity index is 0.00000338. The van der Waals surface area contributed by atoms with Crippen LogP contribution in [0.2, 0.25) is 0 Å². The van der Waals surface area contributed by atoms with E-state index in [9.17, 15) is 9.18 Å². The first-order valence-electron chi connectivity index (χ1n) is 8.75. The molecule has 2 N–H and O–H groups in total. The van der Waals surface area contributed by atoms with Gasteiger partial charge in [-0.25, -0.2) is 4.39 Å². The summed E-state index contributed by atoms with van der Waals surface area (Å²) in [6, 6.07) is 6.84. The van der Waals surface area contributed by atoms with Crippen molar-refractivity contribution in [2.24, 2.45) is 4.99 Å². The van der Waals surface area contributed by atoms with E-state index >= 15 is 0 Å². The first-order valence-corrected chi connectivity index (χ1v) is 9.74. The van der Waals surface area contributed by atoms with Crippen molar-refractivity contribution in [1.82, 2.24) is 15.5 Å². The Morgan fingerprint density at radius 3 is 2.77 bits per heavy atom. The van der Waals surface area contributed by atoms with Gasteiger partial charge >= 0.3 is 0 Å². The third kappa shape index (κ3) is 7.69. The van der Waals surface area contributed by atoms with Crippen LogP contribution in [-0.4, -0.2) is 55.2 Å². The predicted octanol–water partition coefficient (Wildman–Crippen LogP) is 3.10. The second-order valence-electron chi connectivity index (χ2n) is 5.98. The molecular formula is C18H28FIN4OS. The molecule has 1 unspecified atom stereocenters. The van der Waals surface area contributed by atoms with Crippen molar-refractivity contribution in [3.8, 4) is 0 Å². The Bertz CT molecular complexity index is 585. The van der Waals surface area contributed by atoms with Gasteiger partial charge in [0, 0.05) is 44.0 Å². The van der Waals surface area contributed by atoms with Gasteiger partial charge in [0.25, 0.3) is 0 Å². The molecule has 26 heavy (non-hydrogen) atoms. The fraction of sp³-hybridized carbons (Fsp3) is 0.556. The number of rotatable bonds is 7. The third-order valence-electron chi connectivity index (χ3n) is 4.10. The van der Waals surface area contributed by atoms with Crippen molar-refractivity contribution in [1.29, 1.82) is 0 Å². The first kappa shape index (κ1) is 23.0. The fourth-order valence-corrected chi connectivity index (χ4v) is 3.57. The highest BCUT2D eigenvalue weighted by Crippen LogP contribution is 2.18. The molecular weight excluding hydrogens is 466 g/mol. The molecule has 1 aromatic rings. The fourth-order valence-electron chi connectivity index (χ4n) is 2.72. The number of amides is 1. The van der Waals surface area contributed by atoms with E-state index in [0.29, 0.717) is 6.42 Å². The first-order chi connectivity index (χ1) is 12.1. The van der Waals surface area contributed by atoms with Gasteiger partial charge < -0.3 is 15.5 Å². The molecule has 8 heteroatoms. The minimum absolute atomic E-state index is 0. The minimum Gasteiger partial charge on any atom is -0.356 e. The number of thioether (sulfide) groups is 1. The monoisotopic (exact) mass is 494 g/mol. The zero-order valence-corrected chi connectivity index (χ0v) is 18.5. The lowest BCUT2D eigenvalue weighted by molar-refractivity contribution is -0.129. The number of carbonyl (C=O) groups excluding carboxylic acids is 1. The largest absolute Gasteiger partial charge is 0.356 e. The quantitative estimate of drug-likeness (QED) is 0.201. The lowest BCUT2D eigenvalue weighted by Crippen LogP contribution is -2.45. The molecule has 2 rings (SSSR count). The lowest BCUT2D eigenvalue weighted by atomic mass is 10.3. The maximum absolute atomic E-state index is 12.9. The number of hydrogen-bond donors (Lipinski definition) is 2. The molecule has 1 saturated heterocycles. The molecule has 0 bridgehead atoms. The Hall–Kier alpha value is -1.03. The second-order valence-corrected chi connectivity index (χ2v) is 7.15. The Kier molecular flexibility index (Phi) is 11.0. The van der Waals surface area contributed by atoms with E-state index in [4.69, 9.17) is 0 Å². The molecule has 5 nitrogen and oxygen atoms in total. The lowest BCUT2D eigenvalue weighted by Gasteiger charge is -2.18. The molecule has 0 aliphatic carbocycles. The second kappa shape index (κ2) is 12.4. The number of aliphatic imine (C=N–C) groups is 1. The van der Waals surface area contributed by atoms with E-state index in [-0.39, 0.29) is 41.7 Å². The minimum atomic E-state index is -0.202. The molecule has 1 amide bonds. The highest BCUT2D eigenvalue weighted by atomic mass is 127. The standard InChI is InChI=1S/C18H27FN4OS.HI/c1-3-17(24)23-11-9-15(13-23)22-18(20-2)21-10-4-12-25-16-7-5-14(19)6-8-16;/h5-8,15H,3-4,9-13H2,1-2H3,(H2,20,21,22);1H. The number of halogens is 2. The molecule has 1 aliphatic rings.